The van der Waals surface area contributed by atoms with E-state index in [0.29, 0.717) is 37.7 Å². The number of hydrogen-bond donors (Lipinski definition) is 2. The quantitative estimate of drug-likeness (QED) is 0.359. The molecule has 5 rings (SSSR count). The molecule has 2 aliphatic rings. The van der Waals surface area contributed by atoms with E-state index < -0.39 is 0 Å². The van der Waals surface area contributed by atoms with Gasteiger partial charge in [-0.15, -0.1) is 0 Å². The molecule has 1 fully saturated rings. The molecule has 0 radical (unpaired) electrons. The number of hydrogen-bond acceptors (Lipinski definition) is 7. The van der Waals surface area contributed by atoms with Crippen LogP contribution in [-0.2, 0) is 24.3 Å². The van der Waals surface area contributed by atoms with Crippen LogP contribution in [0.3, 0.4) is 0 Å². The highest BCUT2D eigenvalue weighted by Crippen LogP contribution is 2.37. The molecule has 0 unspecified atom stereocenters. The molecule has 1 saturated heterocycles. The smallest absolute Gasteiger partial charge is 0.261 e. The van der Waals surface area contributed by atoms with Crippen molar-refractivity contribution in [2.24, 2.45) is 0 Å². The van der Waals surface area contributed by atoms with Gasteiger partial charge < -0.3 is 34.4 Å². The Morgan fingerprint density at radius 2 is 2.00 bits per heavy atom. The van der Waals surface area contributed by atoms with Gasteiger partial charge >= 0.3 is 0 Å². The van der Waals surface area contributed by atoms with Crippen LogP contribution in [0.4, 0.5) is 5.69 Å². The van der Waals surface area contributed by atoms with Crippen molar-refractivity contribution in [3.8, 4) is 17.2 Å². The SMILES string of the molecule is CN(C)CCOc1cc2c(c(N[C@H]3CCOC3)c1)CN(C(=O)c1c(O)cc(Cl)cc1OCc1ccccc1)CC2. The lowest BCUT2D eigenvalue weighted by molar-refractivity contribution is 0.0727. The van der Waals surface area contributed by atoms with Crippen molar-refractivity contribution in [1.82, 2.24) is 9.80 Å². The number of phenolic OH excluding ortho intramolecular Hbond substituents is 1. The van der Waals surface area contributed by atoms with Crippen LogP contribution < -0.4 is 14.8 Å². The number of rotatable bonds is 10. The predicted molar refractivity (Wildman–Crippen MR) is 156 cm³/mol. The Morgan fingerprint density at radius 3 is 2.75 bits per heavy atom. The molecule has 2 aliphatic heterocycles. The molecule has 8 nitrogen and oxygen atoms in total. The van der Waals surface area contributed by atoms with Gasteiger partial charge in [-0.25, -0.2) is 0 Å². The Labute approximate surface area is 240 Å². The molecule has 0 aliphatic carbocycles. The Morgan fingerprint density at radius 1 is 1.18 bits per heavy atom. The summed E-state index contributed by atoms with van der Waals surface area (Å²) >= 11 is 6.23. The number of amides is 1. The third-order valence-corrected chi connectivity index (χ3v) is 7.41. The Kier molecular flexibility index (Phi) is 8.99. The number of nitrogens with zero attached hydrogens (tertiary/aromatic N) is 2. The summed E-state index contributed by atoms with van der Waals surface area (Å²) in [6, 6.07) is 16.9. The molecule has 2 heterocycles. The minimum Gasteiger partial charge on any atom is -0.507 e. The fourth-order valence-corrected chi connectivity index (χ4v) is 5.23. The van der Waals surface area contributed by atoms with Gasteiger partial charge in [-0.3, -0.25) is 4.79 Å². The number of halogens is 1. The van der Waals surface area contributed by atoms with Crippen molar-refractivity contribution < 1.29 is 24.1 Å². The summed E-state index contributed by atoms with van der Waals surface area (Å²) in [5, 5.41) is 14.7. The highest BCUT2D eigenvalue weighted by atomic mass is 35.5. The van der Waals surface area contributed by atoms with Crippen LogP contribution in [0.5, 0.6) is 17.2 Å². The first-order valence-electron chi connectivity index (χ1n) is 13.6. The lowest BCUT2D eigenvalue weighted by Gasteiger charge is -2.32. The second-order valence-corrected chi connectivity index (χ2v) is 11.0. The van der Waals surface area contributed by atoms with Crippen molar-refractivity contribution in [3.05, 3.63) is 81.9 Å². The van der Waals surface area contributed by atoms with Gasteiger partial charge in [0.05, 0.1) is 12.6 Å². The van der Waals surface area contributed by atoms with Crippen molar-refractivity contribution in [2.75, 3.05) is 52.3 Å². The number of anilines is 1. The van der Waals surface area contributed by atoms with Gasteiger partial charge in [0, 0.05) is 43.0 Å². The summed E-state index contributed by atoms with van der Waals surface area (Å²) in [4.78, 5) is 17.7. The van der Waals surface area contributed by atoms with E-state index in [1.807, 2.05) is 50.5 Å². The van der Waals surface area contributed by atoms with Gasteiger partial charge in [0.25, 0.3) is 5.91 Å². The number of aromatic hydroxyl groups is 1. The van der Waals surface area contributed by atoms with Gasteiger partial charge in [-0.1, -0.05) is 41.9 Å². The van der Waals surface area contributed by atoms with Crippen LogP contribution >= 0.6 is 11.6 Å². The molecule has 9 heteroatoms. The van der Waals surface area contributed by atoms with Crippen LogP contribution in [-0.4, -0.2) is 73.9 Å². The van der Waals surface area contributed by atoms with Crippen molar-refractivity contribution in [2.45, 2.75) is 32.0 Å². The maximum absolute atomic E-state index is 13.9. The fraction of sp³-hybridized carbons (Fsp3) is 0.387. The van der Waals surface area contributed by atoms with E-state index in [4.69, 9.17) is 25.8 Å². The number of carbonyl (C=O) groups excluding carboxylic acids is 1. The average Bonchev–Trinajstić information content (AvgIpc) is 3.45. The predicted octanol–water partition coefficient (Wildman–Crippen LogP) is 4.96. The number of nitrogens with one attached hydrogen (secondary N) is 1. The van der Waals surface area contributed by atoms with E-state index in [-0.39, 0.29) is 35.6 Å². The lowest BCUT2D eigenvalue weighted by atomic mass is 9.96. The Balaban J connectivity index is 1.39. The molecule has 1 atom stereocenters. The number of fused-ring (bicyclic) bond motifs is 1. The van der Waals surface area contributed by atoms with Crippen LogP contribution in [0.1, 0.15) is 33.5 Å². The summed E-state index contributed by atoms with van der Waals surface area (Å²) in [6.45, 7) is 3.91. The molecule has 40 heavy (non-hydrogen) atoms. The minimum absolute atomic E-state index is 0.117. The number of ether oxygens (including phenoxy) is 3. The minimum atomic E-state index is -0.302. The molecular formula is C31H36ClN3O5. The number of phenols is 1. The Hall–Kier alpha value is -3.46. The molecule has 2 N–H and O–H groups in total. The van der Waals surface area contributed by atoms with Gasteiger partial charge in [-0.05, 0) is 61.8 Å². The van der Waals surface area contributed by atoms with Gasteiger partial charge in [0.1, 0.15) is 36.0 Å². The second-order valence-electron chi connectivity index (χ2n) is 10.5. The summed E-state index contributed by atoms with van der Waals surface area (Å²) in [6.07, 6.45) is 1.58. The van der Waals surface area contributed by atoms with Crippen LogP contribution in [0.15, 0.2) is 54.6 Å². The molecule has 3 aromatic carbocycles. The number of benzene rings is 3. The van der Waals surface area contributed by atoms with E-state index in [0.717, 1.165) is 47.7 Å². The maximum atomic E-state index is 13.9. The standard InChI is InChI=1S/C31H36ClN3O5/c1-34(2)11-13-39-25-14-22-8-10-35(18-26(22)27(17-25)33-24-9-12-38-20-24)31(37)30-28(36)15-23(32)16-29(30)40-19-21-6-4-3-5-7-21/h3-7,14-17,24,33,36H,8-13,18-20H2,1-2H3/t24-/m0/s1. The first-order valence-corrected chi connectivity index (χ1v) is 14.0. The number of carbonyl (C=O) groups is 1. The molecule has 1 amide bonds. The van der Waals surface area contributed by atoms with E-state index >= 15 is 0 Å². The molecule has 0 spiro atoms. The molecule has 3 aromatic rings. The zero-order chi connectivity index (χ0) is 28.1. The first-order chi connectivity index (χ1) is 19.4. The van der Waals surface area contributed by atoms with Crippen LogP contribution in [0.25, 0.3) is 0 Å². The molecule has 212 valence electrons. The summed E-state index contributed by atoms with van der Waals surface area (Å²) in [5.74, 6) is 0.575. The van der Waals surface area contributed by atoms with E-state index in [1.54, 1.807) is 11.0 Å². The Bertz CT molecular complexity index is 1330. The molecule has 0 saturated carbocycles. The summed E-state index contributed by atoms with van der Waals surface area (Å²) < 4.78 is 17.7. The monoisotopic (exact) mass is 565 g/mol. The average molecular weight is 566 g/mol. The van der Waals surface area contributed by atoms with Crippen LogP contribution in [0, 0.1) is 0 Å². The third-order valence-electron chi connectivity index (χ3n) is 7.20. The van der Waals surface area contributed by atoms with Crippen molar-refractivity contribution in [1.29, 1.82) is 0 Å². The zero-order valence-electron chi connectivity index (χ0n) is 23.0. The van der Waals surface area contributed by atoms with E-state index in [9.17, 15) is 9.90 Å². The summed E-state index contributed by atoms with van der Waals surface area (Å²) in [7, 11) is 4.04. The third kappa shape index (κ3) is 6.81. The lowest BCUT2D eigenvalue weighted by Crippen LogP contribution is -2.37. The van der Waals surface area contributed by atoms with Gasteiger partial charge in [0.15, 0.2) is 0 Å². The largest absolute Gasteiger partial charge is 0.507 e. The summed E-state index contributed by atoms with van der Waals surface area (Å²) in [5.41, 5.74) is 4.21. The topological polar surface area (TPSA) is 83.5 Å². The zero-order valence-corrected chi connectivity index (χ0v) is 23.7. The van der Waals surface area contributed by atoms with Gasteiger partial charge in [0.2, 0.25) is 0 Å². The van der Waals surface area contributed by atoms with Gasteiger partial charge in [-0.2, -0.15) is 0 Å². The molecule has 0 bridgehead atoms. The van der Waals surface area contributed by atoms with E-state index in [2.05, 4.69) is 16.3 Å². The fourth-order valence-electron chi connectivity index (χ4n) is 5.03. The maximum Gasteiger partial charge on any atom is 0.261 e. The molecule has 0 aromatic heterocycles. The van der Waals surface area contributed by atoms with Crippen molar-refractivity contribution >= 4 is 23.2 Å². The van der Waals surface area contributed by atoms with Crippen LogP contribution in [0.2, 0.25) is 5.02 Å². The van der Waals surface area contributed by atoms with Crippen molar-refractivity contribution in [3.63, 3.8) is 0 Å². The second kappa shape index (κ2) is 12.8. The first kappa shape index (κ1) is 28.1. The molecular weight excluding hydrogens is 530 g/mol. The highest BCUT2D eigenvalue weighted by molar-refractivity contribution is 6.31. The highest BCUT2D eigenvalue weighted by Gasteiger charge is 2.30. The normalized spacial score (nSPS) is 16.6. The van der Waals surface area contributed by atoms with E-state index in [1.165, 1.54) is 6.07 Å². The number of likely N-dealkylation sites (N-methyl/N-ethyl adjacent to an activating group) is 1.